The lowest BCUT2D eigenvalue weighted by Crippen LogP contribution is -2.62. The summed E-state index contributed by atoms with van der Waals surface area (Å²) in [4.78, 5) is 38.4. The summed E-state index contributed by atoms with van der Waals surface area (Å²) in [7, 11) is 4.42. The highest BCUT2D eigenvalue weighted by Gasteiger charge is 2.44. The molecule has 0 aromatic heterocycles. The summed E-state index contributed by atoms with van der Waals surface area (Å²) in [6.45, 7) is 0.281. The number of hydrogen-bond acceptors (Lipinski definition) is 7. The molecular weight excluding hydrogens is 332 g/mol. The van der Waals surface area contributed by atoms with Gasteiger partial charge in [-0.2, -0.15) is 0 Å². The Morgan fingerprint density at radius 2 is 1.68 bits per heavy atom. The van der Waals surface area contributed by atoms with Crippen molar-refractivity contribution in [1.29, 1.82) is 0 Å². The van der Waals surface area contributed by atoms with Crippen molar-refractivity contribution in [1.82, 2.24) is 9.80 Å². The summed E-state index contributed by atoms with van der Waals surface area (Å²) in [5, 5.41) is 0. The predicted octanol–water partition coefficient (Wildman–Crippen LogP) is 0.516. The summed E-state index contributed by atoms with van der Waals surface area (Å²) >= 11 is 0. The van der Waals surface area contributed by atoms with Gasteiger partial charge in [-0.15, -0.1) is 0 Å². The fraction of sp³-hybridized carbons (Fsp3) is 0.438. The van der Waals surface area contributed by atoms with Gasteiger partial charge in [-0.3, -0.25) is 9.59 Å². The first-order valence-electron chi connectivity index (χ1n) is 7.58. The van der Waals surface area contributed by atoms with Crippen LogP contribution in [0.4, 0.5) is 4.79 Å². The van der Waals surface area contributed by atoms with Gasteiger partial charge in [-0.25, -0.2) is 9.69 Å². The van der Waals surface area contributed by atoms with E-state index in [0.29, 0.717) is 22.8 Å². The molecule has 1 aromatic carbocycles. The fourth-order valence-corrected chi connectivity index (χ4v) is 2.89. The van der Waals surface area contributed by atoms with Crippen LogP contribution >= 0.6 is 0 Å². The van der Waals surface area contributed by atoms with Crippen LogP contribution < -0.4 is 14.2 Å². The highest BCUT2D eigenvalue weighted by molar-refractivity contribution is 5.99. The molecule has 0 bridgehead atoms. The molecule has 1 aromatic rings. The molecule has 2 aliphatic heterocycles. The average molecular weight is 350 g/mol. The molecule has 0 atom stereocenters. The van der Waals surface area contributed by atoms with Crippen LogP contribution in [0.3, 0.4) is 0 Å². The summed E-state index contributed by atoms with van der Waals surface area (Å²) in [5.41, 5.74) is 0.364. The number of amides is 3. The van der Waals surface area contributed by atoms with Crippen molar-refractivity contribution in [3.63, 3.8) is 0 Å². The largest absolute Gasteiger partial charge is 0.493 e. The minimum absolute atomic E-state index is 0.240. The molecule has 134 valence electrons. The van der Waals surface area contributed by atoms with Crippen molar-refractivity contribution in [3.8, 4) is 17.2 Å². The zero-order valence-corrected chi connectivity index (χ0v) is 14.1. The molecule has 3 amide bonds. The van der Waals surface area contributed by atoms with Crippen molar-refractivity contribution in [2.75, 3.05) is 41.0 Å². The molecule has 0 N–H and O–H groups in total. The van der Waals surface area contributed by atoms with Crippen molar-refractivity contribution < 1.29 is 33.3 Å². The SMILES string of the molecule is COc1cc(C(=O)N2CC(N3C(=O)COC3=O)C2)cc(OC)c1OC. The smallest absolute Gasteiger partial charge is 0.417 e. The zero-order valence-electron chi connectivity index (χ0n) is 14.1. The van der Waals surface area contributed by atoms with Crippen LogP contribution in [0, 0.1) is 0 Å². The quantitative estimate of drug-likeness (QED) is 0.764. The Bertz CT molecular complexity index is 686. The van der Waals surface area contributed by atoms with Crippen LogP contribution in [-0.2, 0) is 9.53 Å². The first-order valence-corrected chi connectivity index (χ1v) is 7.58. The van der Waals surface area contributed by atoms with Gasteiger partial charge in [0.15, 0.2) is 18.1 Å². The maximum Gasteiger partial charge on any atom is 0.417 e. The van der Waals surface area contributed by atoms with E-state index in [4.69, 9.17) is 14.2 Å². The van der Waals surface area contributed by atoms with Crippen LogP contribution in [0.25, 0.3) is 0 Å². The Hall–Kier alpha value is -2.97. The molecule has 0 unspecified atom stereocenters. The van der Waals surface area contributed by atoms with E-state index in [0.717, 1.165) is 4.90 Å². The number of nitrogens with zero attached hydrogens (tertiary/aromatic N) is 2. The van der Waals surface area contributed by atoms with Gasteiger partial charge in [0.25, 0.3) is 11.8 Å². The Morgan fingerprint density at radius 3 is 2.12 bits per heavy atom. The molecule has 2 aliphatic rings. The lowest BCUT2D eigenvalue weighted by Gasteiger charge is -2.42. The van der Waals surface area contributed by atoms with E-state index in [2.05, 4.69) is 4.74 Å². The third-order valence-electron chi connectivity index (χ3n) is 4.21. The normalized spacial score (nSPS) is 17.2. The van der Waals surface area contributed by atoms with Crippen molar-refractivity contribution in [2.45, 2.75) is 6.04 Å². The second kappa shape index (κ2) is 6.50. The predicted molar refractivity (Wildman–Crippen MR) is 84.0 cm³/mol. The number of hydrogen-bond donors (Lipinski definition) is 0. The van der Waals surface area contributed by atoms with Gasteiger partial charge >= 0.3 is 6.09 Å². The van der Waals surface area contributed by atoms with E-state index in [1.165, 1.54) is 26.2 Å². The van der Waals surface area contributed by atoms with Crippen molar-refractivity contribution in [3.05, 3.63) is 17.7 Å². The standard InChI is InChI=1S/C16H18N2O7/c1-22-11-4-9(5-12(23-2)14(11)24-3)15(20)17-6-10(7-17)18-13(19)8-25-16(18)21/h4-5,10H,6-8H2,1-3H3. The van der Waals surface area contributed by atoms with E-state index in [9.17, 15) is 14.4 Å². The molecule has 9 nitrogen and oxygen atoms in total. The summed E-state index contributed by atoms with van der Waals surface area (Å²) < 4.78 is 20.4. The van der Waals surface area contributed by atoms with Gasteiger partial charge in [0.1, 0.15) is 0 Å². The van der Waals surface area contributed by atoms with E-state index < -0.39 is 6.09 Å². The number of carbonyl (C=O) groups is 3. The molecule has 0 saturated carbocycles. The first-order chi connectivity index (χ1) is 12.0. The van der Waals surface area contributed by atoms with Gasteiger partial charge < -0.3 is 23.8 Å². The highest BCUT2D eigenvalue weighted by atomic mass is 16.6. The van der Waals surface area contributed by atoms with Gasteiger partial charge in [0, 0.05) is 18.7 Å². The number of rotatable bonds is 5. The average Bonchev–Trinajstić information content (AvgIpc) is 2.91. The van der Waals surface area contributed by atoms with E-state index in [1.807, 2.05) is 0 Å². The number of methoxy groups -OCH3 is 3. The van der Waals surface area contributed by atoms with E-state index in [1.54, 1.807) is 12.1 Å². The molecule has 0 spiro atoms. The van der Waals surface area contributed by atoms with Crippen LogP contribution in [-0.4, -0.2) is 74.8 Å². The van der Waals surface area contributed by atoms with Crippen LogP contribution in [0.2, 0.25) is 0 Å². The lowest BCUT2D eigenvalue weighted by atomic mass is 10.0. The lowest BCUT2D eigenvalue weighted by molar-refractivity contribution is -0.129. The number of carbonyl (C=O) groups excluding carboxylic acids is 3. The van der Waals surface area contributed by atoms with Crippen LogP contribution in [0.15, 0.2) is 12.1 Å². The third-order valence-corrected chi connectivity index (χ3v) is 4.21. The molecule has 3 rings (SSSR count). The minimum atomic E-state index is -0.658. The Balaban J connectivity index is 1.74. The molecule has 2 fully saturated rings. The molecule has 2 heterocycles. The first kappa shape index (κ1) is 16.9. The number of ether oxygens (including phenoxy) is 4. The Kier molecular flexibility index (Phi) is 4.39. The van der Waals surface area contributed by atoms with E-state index in [-0.39, 0.29) is 37.6 Å². The summed E-state index contributed by atoms with van der Waals surface area (Å²) in [5.74, 6) is 0.514. The number of benzene rings is 1. The monoisotopic (exact) mass is 350 g/mol. The second-order valence-electron chi connectivity index (χ2n) is 5.60. The van der Waals surface area contributed by atoms with Crippen molar-refractivity contribution in [2.24, 2.45) is 0 Å². The molecule has 9 heteroatoms. The Morgan fingerprint density at radius 1 is 1.08 bits per heavy atom. The van der Waals surface area contributed by atoms with Gasteiger partial charge in [0.05, 0.1) is 27.4 Å². The summed E-state index contributed by atoms with van der Waals surface area (Å²) in [6, 6.07) is 2.77. The van der Waals surface area contributed by atoms with Gasteiger partial charge in [0.2, 0.25) is 5.75 Å². The van der Waals surface area contributed by atoms with E-state index >= 15 is 0 Å². The molecule has 2 saturated heterocycles. The zero-order chi connectivity index (χ0) is 18.1. The van der Waals surface area contributed by atoms with Gasteiger partial charge in [-0.05, 0) is 12.1 Å². The number of cyclic esters (lactones) is 1. The molecule has 25 heavy (non-hydrogen) atoms. The highest BCUT2D eigenvalue weighted by Crippen LogP contribution is 2.38. The fourth-order valence-electron chi connectivity index (χ4n) is 2.89. The molecule has 0 aliphatic carbocycles. The minimum Gasteiger partial charge on any atom is -0.493 e. The maximum atomic E-state index is 12.6. The maximum absolute atomic E-state index is 12.6. The van der Waals surface area contributed by atoms with Crippen LogP contribution in [0.5, 0.6) is 17.2 Å². The number of likely N-dealkylation sites (tertiary alicyclic amines) is 1. The molecule has 0 radical (unpaired) electrons. The second-order valence-corrected chi connectivity index (χ2v) is 5.60. The topological polar surface area (TPSA) is 94.6 Å². The number of imide groups is 1. The Labute approximate surface area is 144 Å². The molecular formula is C16H18N2O7. The van der Waals surface area contributed by atoms with Gasteiger partial charge in [-0.1, -0.05) is 0 Å². The summed E-state index contributed by atoms with van der Waals surface area (Å²) in [6.07, 6.45) is -0.658. The third kappa shape index (κ3) is 2.81. The van der Waals surface area contributed by atoms with Crippen LogP contribution in [0.1, 0.15) is 10.4 Å². The van der Waals surface area contributed by atoms with Crippen molar-refractivity contribution >= 4 is 17.9 Å².